The summed E-state index contributed by atoms with van der Waals surface area (Å²) in [6, 6.07) is 8.55. The fraction of sp³-hybridized carbons (Fsp3) is 0.375. The highest BCUT2D eigenvalue weighted by Gasteiger charge is 2.17. The highest BCUT2D eigenvalue weighted by molar-refractivity contribution is 5.74. The Hall–Kier alpha value is -2.50. The second-order valence-corrected chi connectivity index (χ2v) is 5.28. The van der Waals surface area contributed by atoms with Crippen LogP contribution in [0.3, 0.4) is 0 Å². The highest BCUT2D eigenvalue weighted by Crippen LogP contribution is 2.22. The lowest BCUT2D eigenvalue weighted by molar-refractivity contribution is 0.193. The third kappa shape index (κ3) is 3.78. The van der Waals surface area contributed by atoms with Crippen molar-refractivity contribution in [3.05, 3.63) is 47.3 Å². The Morgan fingerprint density at radius 2 is 2.23 bits per heavy atom. The maximum atomic E-state index is 12.2. The fourth-order valence-electron chi connectivity index (χ4n) is 2.16. The summed E-state index contributed by atoms with van der Waals surface area (Å²) in [5, 5.41) is 19.4. The number of benzene rings is 1. The predicted octanol–water partition coefficient (Wildman–Crippen LogP) is 2.58. The van der Waals surface area contributed by atoms with Crippen LogP contribution < -0.4 is 5.32 Å². The number of H-pyrrole nitrogens is 1. The lowest BCUT2D eigenvalue weighted by Crippen LogP contribution is -2.38. The number of nitrogens with one attached hydrogen (secondary N) is 2. The summed E-state index contributed by atoms with van der Waals surface area (Å²) in [5.74, 6) is 0.197. The van der Waals surface area contributed by atoms with Crippen LogP contribution in [0.1, 0.15) is 36.8 Å². The molecule has 1 unspecified atom stereocenters. The molecule has 0 spiro atoms. The molecule has 2 aromatic rings. The van der Waals surface area contributed by atoms with Crippen molar-refractivity contribution in [2.24, 2.45) is 0 Å². The largest absolute Gasteiger partial charge is 0.508 e. The Labute approximate surface area is 130 Å². The van der Waals surface area contributed by atoms with Crippen LogP contribution >= 0.6 is 0 Å². The molecule has 0 aliphatic heterocycles. The SMILES string of the molecule is CCc1cc(CNC(=O)N(C)C(C)c2cccc(O)c2)[nH]n1. The van der Waals surface area contributed by atoms with Gasteiger partial charge in [-0.1, -0.05) is 19.1 Å². The average Bonchev–Trinajstić information content (AvgIpc) is 2.99. The average molecular weight is 302 g/mol. The first kappa shape index (κ1) is 15.9. The van der Waals surface area contributed by atoms with Gasteiger partial charge in [0.25, 0.3) is 0 Å². The minimum absolute atomic E-state index is 0.139. The van der Waals surface area contributed by atoms with Gasteiger partial charge in [0.1, 0.15) is 5.75 Å². The van der Waals surface area contributed by atoms with Crippen LogP contribution in [0.5, 0.6) is 5.75 Å². The molecule has 2 amide bonds. The fourth-order valence-corrected chi connectivity index (χ4v) is 2.16. The Morgan fingerprint density at radius 3 is 2.86 bits per heavy atom. The highest BCUT2D eigenvalue weighted by atomic mass is 16.3. The molecule has 0 saturated heterocycles. The van der Waals surface area contributed by atoms with Crippen molar-refractivity contribution in [1.82, 2.24) is 20.4 Å². The van der Waals surface area contributed by atoms with Gasteiger partial charge in [0, 0.05) is 7.05 Å². The van der Waals surface area contributed by atoms with Crippen molar-refractivity contribution in [2.45, 2.75) is 32.9 Å². The monoisotopic (exact) mass is 302 g/mol. The summed E-state index contributed by atoms with van der Waals surface area (Å²) in [4.78, 5) is 13.8. The Balaban J connectivity index is 1.93. The van der Waals surface area contributed by atoms with E-state index in [1.165, 1.54) is 0 Å². The van der Waals surface area contributed by atoms with Crippen molar-refractivity contribution < 1.29 is 9.90 Å². The van der Waals surface area contributed by atoms with E-state index in [2.05, 4.69) is 15.5 Å². The predicted molar refractivity (Wildman–Crippen MR) is 84.5 cm³/mol. The van der Waals surface area contributed by atoms with Crippen LogP contribution in [0.4, 0.5) is 4.79 Å². The molecule has 22 heavy (non-hydrogen) atoms. The molecule has 1 heterocycles. The molecule has 118 valence electrons. The summed E-state index contributed by atoms with van der Waals surface area (Å²) < 4.78 is 0. The second-order valence-electron chi connectivity index (χ2n) is 5.28. The number of aromatic nitrogens is 2. The first-order valence-electron chi connectivity index (χ1n) is 7.34. The van der Waals surface area contributed by atoms with Gasteiger partial charge >= 0.3 is 6.03 Å². The Kier molecular flexibility index (Phi) is 5.04. The van der Waals surface area contributed by atoms with Crippen LogP contribution in [-0.2, 0) is 13.0 Å². The third-order valence-corrected chi connectivity index (χ3v) is 3.73. The lowest BCUT2D eigenvalue weighted by atomic mass is 10.1. The van der Waals surface area contributed by atoms with E-state index in [1.54, 1.807) is 30.1 Å². The van der Waals surface area contributed by atoms with Gasteiger partial charge in [-0.2, -0.15) is 5.10 Å². The molecular formula is C16H22N4O2. The lowest BCUT2D eigenvalue weighted by Gasteiger charge is -2.25. The number of amides is 2. The molecule has 0 radical (unpaired) electrons. The van der Waals surface area contributed by atoms with Crippen molar-refractivity contribution in [1.29, 1.82) is 0 Å². The minimum atomic E-state index is -0.177. The van der Waals surface area contributed by atoms with Gasteiger partial charge in [0.15, 0.2) is 0 Å². The quantitative estimate of drug-likeness (QED) is 0.794. The van der Waals surface area contributed by atoms with E-state index in [0.717, 1.165) is 23.4 Å². The van der Waals surface area contributed by atoms with Crippen LogP contribution in [0, 0.1) is 0 Å². The number of phenols is 1. The van der Waals surface area contributed by atoms with Crippen molar-refractivity contribution in [3.8, 4) is 5.75 Å². The molecule has 1 aromatic heterocycles. The van der Waals surface area contributed by atoms with Gasteiger partial charge in [-0.3, -0.25) is 5.10 Å². The Morgan fingerprint density at radius 1 is 1.45 bits per heavy atom. The first-order valence-corrected chi connectivity index (χ1v) is 7.34. The van der Waals surface area contributed by atoms with Gasteiger partial charge < -0.3 is 15.3 Å². The maximum Gasteiger partial charge on any atom is 0.317 e. The molecule has 2 rings (SSSR count). The smallest absolute Gasteiger partial charge is 0.317 e. The molecule has 6 heteroatoms. The molecule has 6 nitrogen and oxygen atoms in total. The van der Waals surface area contributed by atoms with Gasteiger partial charge in [-0.25, -0.2) is 4.79 Å². The molecule has 0 aliphatic rings. The van der Waals surface area contributed by atoms with Crippen LogP contribution in [0.2, 0.25) is 0 Å². The number of urea groups is 1. The number of aromatic hydroxyl groups is 1. The molecule has 1 aromatic carbocycles. The van der Waals surface area contributed by atoms with Crippen molar-refractivity contribution in [3.63, 3.8) is 0 Å². The van der Waals surface area contributed by atoms with E-state index in [-0.39, 0.29) is 17.8 Å². The van der Waals surface area contributed by atoms with Crippen LogP contribution in [0.15, 0.2) is 30.3 Å². The van der Waals surface area contributed by atoms with Crippen molar-refractivity contribution >= 4 is 6.03 Å². The zero-order valence-corrected chi connectivity index (χ0v) is 13.1. The number of carbonyl (C=O) groups is 1. The second kappa shape index (κ2) is 6.98. The van der Waals surface area contributed by atoms with E-state index in [0.29, 0.717) is 6.54 Å². The summed E-state index contributed by atoms with van der Waals surface area (Å²) in [5.41, 5.74) is 2.74. The number of rotatable bonds is 5. The van der Waals surface area contributed by atoms with Gasteiger partial charge in [-0.05, 0) is 37.1 Å². The number of hydrogen-bond acceptors (Lipinski definition) is 3. The third-order valence-electron chi connectivity index (χ3n) is 3.73. The summed E-state index contributed by atoms with van der Waals surface area (Å²) >= 11 is 0. The van der Waals surface area contributed by atoms with E-state index in [9.17, 15) is 9.90 Å². The number of nitrogens with zero attached hydrogens (tertiary/aromatic N) is 2. The summed E-state index contributed by atoms with van der Waals surface area (Å²) in [6.07, 6.45) is 0.860. The molecular weight excluding hydrogens is 280 g/mol. The molecule has 0 fully saturated rings. The standard InChI is InChI=1S/C16H22N4O2/c1-4-13-9-14(19-18-13)10-17-16(22)20(3)11(2)12-6-5-7-15(21)8-12/h5-9,11,21H,4,10H2,1-3H3,(H,17,22)(H,18,19). The normalized spacial score (nSPS) is 12.0. The molecule has 1 atom stereocenters. The molecule has 3 N–H and O–H groups in total. The van der Waals surface area contributed by atoms with Crippen LogP contribution in [0.25, 0.3) is 0 Å². The maximum absolute atomic E-state index is 12.2. The number of phenolic OH excluding ortho intramolecular Hbond substituents is 1. The molecule has 0 aliphatic carbocycles. The van der Waals surface area contributed by atoms with E-state index >= 15 is 0 Å². The Bertz CT molecular complexity index is 639. The van der Waals surface area contributed by atoms with Gasteiger partial charge in [0.05, 0.1) is 24.0 Å². The zero-order chi connectivity index (χ0) is 16.1. The van der Waals surface area contributed by atoms with Gasteiger partial charge in [0.2, 0.25) is 0 Å². The van der Waals surface area contributed by atoms with E-state index in [4.69, 9.17) is 0 Å². The topological polar surface area (TPSA) is 81.3 Å². The molecule has 0 saturated carbocycles. The van der Waals surface area contributed by atoms with Gasteiger partial charge in [-0.15, -0.1) is 0 Å². The molecule has 0 bridgehead atoms. The number of hydrogen-bond donors (Lipinski definition) is 3. The number of aryl methyl sites for hydroxylation is 1. The zero-order valence-electron chi connectivity index (χ0n) is 13.1. The summed E-state index contributed by atoms with van der Waals surface area (Å²) in [6.45, 7) is 4.35. The first-order chi connectivity index (χ1) is 10.5. The summed E-state index contributed by atoms with van der Waals surface area (Å²) in [7, 11) is 1.73. The van der Waals surface area contributed by atoms with E-state index in [1.807, 2.05) is 26.0 Å². The van der Waals surface area contributed by atoms with E-state index < -0.39 is 0 Å². The van der Waals surface area contributed by atoms with Crippen molar-refractivity contribution in [2.75, 3.05) is 7.05 Å². The minimum Gasteiger partial charge on any atom is -0.508 e. The number of carbonyl (C=O) groups excluding carboxylic acids is 1. The number of aromatic amines is 1. The van der Waals surface area contributed by atoms with Crippen LogP contribution in [-0.4, -0.2) is 33.3 Å².